The Hall–Kier alpha value is -4.22. The average Bonchev–Trinajstić information content (AvgIpc) is 3.45. The fraction of sp³-hybridized carbons (Fsp3) is 0.261. The van der Waals surface area contributed by atoms with Gasteiger partial charge >= 0.3 is 18.2 Å². The number of amides is 2. The number of carboxylic acids is 1. The van der Waals surface area contributed by atoms with Gasteiger partial charge < -0.3 is 26.0 Å². The summed E-state index contributed by atoms with van der Waals surface area (Å²) in [4.78, 5) is 25.2. The van der Waals surface area contributed by atoms with Crippen LogP contribution in [0.15, 0.2) is 61.2 Å². The van der Waals surface area contributed by atoms with Gasteiger partial charge in [0.2, 0.25) is 0 Å². The molecule has 2 amide bonds. The first kappa shape index (κ1) is 23.9. The molecule has 1 atom stereocenters. The molecule has 1 aromatic carbocycles. The molecule has 2 aliphatic heterocycles. The van der Waals surface area contributed by atoms with Gasteiger partial charge in [-0.25, -0.2) is 9.59 Å². The summed E-state index contributed by atoms with van der Waals surface area (Å²) in [5, 5.41) is 21.0. The summed E-state index contributed by atoms with van der Waals surface area (Å²) >= 11 is 0. The number of benzene rings is 1. The summed E-state index contributed by atoms with van der Waals surface area (Å²) in [6.45, 7) is 1.71. The zero-order valence-corrected chi connectivity index (χ0v) is 18.8. The van der Waals surface area contributed by atoms with Gasteiger partial charge in [-0.3, -0.25) is 4.68 Å². The van der Waals surface area contributed by atoms with Crippen LogP contribution in [0.3, 0.4) is 0 Å². The molecule has 2 aliphatic rings. The smallest absolute Gasteiger partial charge is 0.405 e. The van der Waals surface area contributed by atoms with E-state index >= 15 is 0 Å². The molecule has 1 aromatic heterocycles. The maximum Gasteiger partial charge on any atom is 0.405 e. The number of anilines is 1. The van der Waals surface area contributed by atoms with E-state index in [2.05, 4.69) is 15.7 Å². The number of carboxylic acid groups (broad SMARTS) is 1. The molecule has 0 fully saturated rings. The first-order valence-electron chi connectivity index (χ1n) is 10.6. The number of carbonyl (C=O) groups is 2. The van der Waals surface area contributed by atoms with Crippen molar-refractivity contribution in [2.24, 2.45) is 0 Å². The summed E-state index contributed by atoms with van der Waals surface area (Å²) in [6, 6.07) is 5.80. The van der Waals surface area contributed by atoms with Crippen LogP contribution in [0, 0.1) is 0 Å². The molecule has 1 unspecified atom stereocenters. The van der Waals surface area contributed by atoms with Gasteiger partial charge in [-0.1, -0.05) is 12.1 Å². The number of allylic oxidation sites excluding steroid dienone is 2. The lowest BCUT2D eigenvalue weighted by Gasteiger charge is -2.27. The predicted octanol–water partition coefficient (Wildman–Crippen LogP) is 3.53. The molecule has 35 heavy (non-hydrogen) atoms. The van der Waals surface area contributed by atoms with Crippen LogP contribution in [-0.4, -0.2) is 50.7 Å². The minimum atomic E-state index is -4.49. The molecular weight excluding hydrogens is 465 g/mol. The highest BCUT2D eigenvalue weighted by molar-refractivity contribution is 5.90. The molecule has 0 bridgehead atoms. The number of aromatic nitrogens is 2. The van der Waals surface area contributed by atoms with Crippen molar-refractivity contribution in [3.05, 3.63) is 72.3 Å². The summed E-state index contributed by atoms with van der Waals surface area (Å²) in [5.74, 6) is -0.993. The zero-order chi connectivity index (χ0) is 25.4. The van der Waals surface area contributed by atoms with E-state index in [9.17, 15) is 27.9 Å². The van der Waals surface area contributed by atoms with Crippen molar-refractivity contribution in [1.82, 2.24) is 25.3 Å². The minimum absolute atomic E-state index is 0.215. The fourth-order valence-corrected chi connectivity index (χ4v) is 3.57. The molecule has 12 heteroatoms. The Balaban J connectivity index is 1.45. The number of fused-ring (bicyclic) bond motifs is 1. The maximum absolute atomic E-state index is 12.3. The molecule has 4 rings (SSSR count). The van der Waals surface area contributed by atoms with Crippen molar-refractivity contribution in [3.63, 3.8) is 0 Å². The maximum atomic E-state index is 12.3. The van der Waals surface area contributed by atoms with E-state index in [-0.39, 0.29) is 6.17 Å². The van der Waals surface area contributed by atoms with E-state index in [4.69, 9.17) is 0 Å². The van der Waals surface area contributed by atoms with Gasteiger partial charge in [-0.15, -0.1) is 0 Å². The second-order valence-electron chi connectivity index (χ2n) is 8.53. The summed E-state index contributed by atoms with van der Waals surface area (Å²) in [5.41, 5.74) is 2.32. The van der Waals surface area contributed by atoms with Gasteiger partial charge in [0.05, 0.1) is 11.9 Å². The van der Waals surface area contributed by atoms with E-state index in [1.807, 2.05) is 29.3 Å². The van der Waals surface area contributed by atoms with Crippen LogP contribution in [-0.2, 0) is 10.3 Å². The monoisotopic (exact) mass is 488 g/mol. The molecule has 4 N–H and O–H groups in total. The predicted molar refractivity (Wildman–Crippen MR) is 123 cm³/mol. The number of urea groups is 1. The summed E-state index contributed by atoms with van der Waals surface area (Å²) in [6.07, 6.45) is 6.08. The topological polar surface area (TPSA) is 112 Å². The molecule has 184 valence electrons. The molecule has 0 saturated carbocycles. The highest BCUT2D eigenvalue weighted by Gasteiger charge is 2.31. The second kappa shape index (κ2) is 8.85. The number of carbonyl (C=O) groups excluding carboxylic acids is 1. The van der Waals surface area contributed by atoms with Crippen LogP contribution < -0.4 is 16.0 Å². The number of hydrogen-bond donors (Lipinski definition) is 4. The quantitative estimate of drug-likeness (QED) is 0.495. The molecule has 0 spiro atoms. The minimum Gasteiger partial charge on any atom is -0.479 e. The van der Waals surface area contributed by atoms with Crippen LogP contribution in [0.25, 0.3) is 11.3 Å². The third kappa shape index (κ3) is 5.15. The number of hydrogen-bond acceptors (Lipinski definition) is 5. The number of alkyl halides is 3. The van der Waals surface area contributed by atoms with Gasteiger partial charge in [0.1, 0.15) is 12.7 Å². The molecule has 0 aliphatic carbocycles. The molecule has 0 saturated heterocycles. The Morgan fingerprint density at radius 1 is 1.23 bits per heavy atom. The van der Waals surface area contributed by atoms with Crippen molar-refractivity contribution in [2.75, 3.05) is 11.9 Å². The Labute approximate surface area is 198 Å². The number of nitrogens with one attached hydrogen (secondary N) is 3. The first-order chi connectivity index (χ1) is 16.4. The number of nitrogens with zero attached hydrogens (tertiary/aromatic N) is 3. The van der Waals surface area contributed by atoms with Crippen LogP contribution in [0.5, 0.6) is 0 Å². The number of rotatable bonds is 6. The SMILES string of the molecule is CC(C)(C(=O)O)n1cc(C2=CC3NC=C(c4cccc(NC(=O)NCC(F)(F)F)c4)N3C=C2)cn1. The van der Waals surface area contributed by atoms with E-state index in [1.54, 1.807) is 56.0 Å². The Morgan fingerprint density at radius 3 is 2.71 bits per heavy atom. The third-order valence-corrected chi connectivity index (χ3v) is 5.60. The van der Waals surface area contributed by atoms with Crippen LogP contribution >= 0.6 is 0 Å². The average molecular weight is 488 g/mol. The first-order valence-corrected chi connectivity index (χ1v) is 10.6. The van der Waals surface area contributed by atoms with Gasteiger partial charge in [-0.2, -0.15) is 18.3 Å². The lowest BCUT2D eigenvalue weighted by Crippen LogP contribution is -2.36. The van der Waals surface area contributed by atoms with Crippen molar-refractivity contribution in [3.8, 4) is 0 Å². The largest absolute Gasteiger partial charge is 0.479 e. The van der Waals surface area contributed by atoms with E-state index < -0.39 is 30.3 Å². The van der Waals surface area contributed by atoms with Crippen molar-refractivity contribution in [1.29, 1.82) is 0 Å². The molecular formula is C23H23F3N6O3. The number of aliphatic carboxylic acids is 1. The number of halogens is 3. The molecule has 2 aromatic rings. The van der Waals surface area contributed by atoms with Crippen LogP contribution in [0.4, 0.5) is 23.7 Å². The van der Waals surface area contributed by atoms with E-state index in [0.717, 1.165) is 22.4 Å². The Morgan fingerprint density at radius 2 is 2.00 bits per heavy atom. The van der Waals surface area contributed by atoms with E-state index in [0.29, 0.717) is 5.69 Å². The zero-order valence-electron chi connectivity index (χ0n) is 18.8. The molecule has 9 nitrogen and oxygen atoms in total. The highest BCUT2D eigenvalue weighted by atomic mass is 19.4. The second-order valence-corrected chi connectivity index (χ2v) is 8.53. The summed E-state index contributed by atoms with van der Waals surface area (Å²) in [7, 11) is 0. The fourth-order valence-electron chi connectivity index (χ4n) is 3.57. The highest BCUT2D eigenvalue weighted by Crippen LogP contribution is 2.33. The lowest BCUT2D eigenvalue weighted by atomic mass is 10.0. The van der Waals surface area contributed by atoms with Gasteiger partial charge in [0.25, 0.3) is 0 Å². The third-order valence-electron chi connectivity index (χ3n) is 5.60. The normalized spacial score (nSPS) is 17.3. The van der Waals surface area contributed by atoms with E-state index in [1.165, 1.54) is 4.68 Å². The molecule has 0 radical (unpaired) electrons. The van der Waals surface area contributed by atoms with Gasteiger partial charge in [0, 0.05) is 35.4 Å². The van der Waals surface area contributed by atoms with Crippen molar-refractivity contribution >= 4 is 29.0 Å². The Kier molecular flexibility index (Phi) is 6.05. The summed E-state index contributed by atoms with van der Waals surface area (Å²) < 4.78 is 38.3. The standard InChI is InChI=1S/C23H23F3N6O3/c1-22(2,20(33)34)32-12-16(10-29-32)14-6-7-31-18(11-27-19(31)9-14)15-4-3-5-17(8-15)30-21(35)28-13-23(24,25)26/h3-12,19,27H,13H2,1-2H3,(H,33,34)(H2,28,30,35). The van der Waals surface area contributed by atoms with Crippen molar-refractivity contribution < 1.29 is 27.9 Å². The lowest BCUT2D eigenvalue weighted by molar-refractivity contribution is -0.146. The van der Waals surface area contributed by atoms with Gasteiger partial charge in [0.15, 0.2) is 5.54 Å². The van der Waals surface area contributed by atoms with Crippen LogP contribution in [0.2, 0.25) is 0 Å². The van der Waals surface area contributed by atoms with Gasteiger partial charge in [-0.05, 0) is 43.7 Å². The van der Waals surface area contributed by atoms with Crippen LogP contribution in [0.1, 0.15) is 25.0 Å². The molecule has 3 heterocycles. The van der Waals surface area contributed by atoms with Crippen molar-refractivity contribution in [2.45, 2.75) is 31.7 Å². The Bertz CT molecular complexity index is 1250.